The van der Waals surface area contributed by atoms with Gasteiger partial charge in [-0.15, -0.1) is 0 Å². The van der Waals surface area contributed by atoms with E-state index in [4.69, 9.17) is 9.73 Å². The fourth-order valence-corrected chi connectivity index (χ4v) is 5.53. The lowest BCUT2D eigenvalue weighted by atomic mass is 9.70. The van der Waals surface area contributed by atoms with Crippen LogP contribution >= 0.6 is 0 Å². The van der Waals surface area contributed by atoms with E-state index in [1.54, 1.807) is 0 Å². The van der Waals surface area contributed by atoms with Gasteiger partial charge >= 0.3 is 5.97 Å². The predicted molar refractivity (Wildman–Crippen MR) is 140 cm³/mol. The number of methoxy groups -OCH3 is 1. The summed E-state index contributed by atoms with van der Waals surface area (Å²) in [4.78, 5) is 34.3. The average Bonchev–Trinajstić information content (AvgIpc) is 3.42. The van der Waals surface area contributed by atoms with Crippen molar-refractivity contribution in [3.63, 3.8) is 0 Å². The number of piperidine rings is 1. The first-order valence-electron chi connectivity index (χ1n) is 12.4. The van der Waals surface area contributed by atoms with Gasteiger partial charge < -0.3 is 9.64 Å². The summed E-state index contributed by atoms with van der Waals surface area (Å²) >= 11 is 0. The van der Waals surface area contributed by atoms with Crippen LogP contribution in [0.15, 0.2) is 89.9 Å². The molecule has 0 saturated carbocycles. The molecule has 0 aliphatic carbocycles. The summed E-state index contributed by atoms with van der Waals surface area (Å²) in [5.74, 6) is -0.237. The molecule has 5 rings (SSSR count). The van der Waals surface area contributed by atoms with Crippen molar-refractivity contribution in [2.24, 2.45) is 4.99 Å². The number of carbonyl (C=O) groups excluding carboxylic acids is 2. The maximum absolute atomic E-state index is 13.1. The number of likely N-dealkylation sites (tertiary alicyclic amines) is 1. The molecule has 2 heterocycles. The van der Waals surface area contributed by atoms with E-state index in [9.17, 15) is 9.59 Å². The van der Waals surface area contributed by atoms with Crippen LogP contribution in [0.3, 0.4) is 0 Å². The Balaban J connectivity index is 1.37. The van der Waals surface area contributed by atoms with Crippen molar-refractivity contribution in [1.82, 2.24) is 9.80 Å². The van der Waals surface area contributed by atoms with Gasteiger partial charge in [-0.3, -0.25) is 14.7 Å². The van der Waals surface area contributed by atoms with E-state index in [1.165, 1.54) is 12.7 Å². The smallest absolute Gasteiger partial charge is 0.337 e. The van der Waals surface area contributed by atoms with Gasteiger partial charge in [0.1, 0.15) is 6.17 Å². The van der Waals surface area contributed by atoms with Gasteiger partial charge in [0, 0.05) is 43.4 Å². The number of aliphatic imine (C=N–C) groups is 1. The van der Waals surface area contributed by atoms with E-state index in [-0.39, 0.29) is 23.5 Å². The molecule has 36 heavy (non-hydrogen) atoms. The number of benzene rings is 3. The Kier molecular flexibility index (Phi) is 6.96. The Labute approximate surface area is 212 Å². The molecule has 2 aliphatic rings. The SMILES string of the molecule is COC(=O)c1ccc(CN2CC=NC2C2(c3ccccc3)CCN(C(=O)c3ccccc3)CC2)cc1. The minimum atomic E-state index is -0.330. The van der Waals surface area contributed by atoms with E-state index in [1.807, 2.05) is 71.8 Å². The third-order valence-electron chi connectivity index (χ3n) is 7.48. The Hall–Kier alpha value is -3.77. The number of amides is 1. The van der Waals surface area contributed by atoms with E-state index < -0.39 is 0 Å². The molecule has 6 nitrogen and oxygen atoms in total. The average molecular weight is 482 g/mol. The van der Waals surface area contributed by atoms with Crippen LogP contribution in [0.25, 0.3) is 0 Å². The number of hydrogen-bond donors (Lipinski definition) is 0. The topological polar surface area (TPSA) is 62.2 Å². The van der Waals surface area contributed by atoms with Gasteiger partial charge in [0.2, 0.25) is 0 Å². The van der Waals surface area contributed by atoms with E-state index in [2.05, 4.69) is 29.2 Å². The number of nitrogens with zero attached hydrogens (tertiary/aromatic N) is 3. The highest BCUT2D eigenvalue weighted by atomic mass is 16.5. The molecular weight excluding hydrogens is 450 g/mol. The normalized spacial score (nSPS) is 19.2. The van der Waals surface area contributed by atoms with Gasteiger partial charge in [0.25, 0.3) is 5.91 Å². The fraction of sp³-hybridized carbons (Fsp3) is 0.300. The quantitative estimate of drug-likeness (QED) is 0.484. The molecular formula is C30H31N3O3. The maximum atomic E-state index is 13.1. The summed E-state index contributed by atoms with van der Waals surface area (Å²) in [6, 6.07) is 27.7. The van der Waals surface area contributed by atoms with Crippen molar-refractivity contribution in [3.05, 3.63) is 107 Å². The molecule has 1 amide bonds. The van der Waals surface area contributed by atoms with Gasteiger partial charge in [-0.25, -0.2) is 4.79 Å². The molecule has 0 radical (unpaired) electrons. The Morgan fingerprint density at radius 1 is 0.889 bits per heavy atom. The van der Waals surface area contributed by atoms with E-state index >= 15 is 0 Å². The lowest BCUT2D eigenvalue weighted by Gasteiger charge is -2.47. The first-order valence-corrected chi connectivity index (χ1v) is 12.4. The molecule has 3 aromatic carbocycles. The van der Waals surface area contributed by atoms with Gasteiger partial charge in [0.15, 0.2) is 0 Å². The minimum Gasteiger partial charge on any atom is -0.465 e. The molecule has 184 valence electrons. The number of carbonyl (C=O) groups is 2. The van der Waals surface area contributed by atoms with Crippen molar-refractivity contribution in [2.45, 2.75) is 31.0 Å². The second kappa shape index (κ2) is 10.5. The highest BCUT2D eigenvalue weighted by Crippen LogP contribution is 2.43. The highest BCUT2D eigenvalue weighted by Gasteiger charge is 2.47. The first kappa shape index (κ1) is 23.9. The van der Waals surface area contributed by atoms with Crippen molar-refractivity contribution < 1.29 is 14.3 Å². The molecule has 1 fully saturated rings. The van der Waals surface area contributed by atoms with Crippen molar-refractivity contribution in [1.29, 1.82) is 0 Å². The number of ether oxygens (including phenoxy) is 1. The molecule has 0 spiro atoms. The predicted octanol–water partition coefficient (Wildman–Crippen LogP) is 4.56. The van der Waals surface area contributed by atoms with Crippen LogP contribution in [0.4, 0.5) is 0 Å². The second-order valence-electron chi connectivity index (χ2n) is 9.50. The van der Waals surface area contributed by atoms with E-state index in [0.29, 0.717) is 18.7 Å². The van der Waals surface area contributed by atoms with Crippen LogP contribution in [0.5, 0.6) is 0 Å². The Bertz CT molecular complexity index is 1220. The van der Waals surface area contributed by atoms with Gasteiger partial charge in [-0.2, -0.15) is 0 Å². The Morgan fingerprint density at radius 2 is 1.53 bits per heavy atom. The number of esters is 1. The van der Waals surface area contributed by atoms with Gasteiger partial charge in [0.05, 0.1) is 12.7 Å². The molecule has 0 N–H and O–H groups in total. The first-order chi connectivity index (χ1) is 17.6. The summed E-state index contributed by atoms with van der Waals surface area (Å²) < 4.78 is 4.82. The van der Waals surface area contributed by atoms with Crippen LogP contribution in [0.1, 0.15) is 44.7 Å². The van der Waals surface area contributed by atoms with Crippen molar-refractivity contribution >= 4 is 18.1 Å². The van der Waals surface area contributed by atoms with E-state index in [0.717, 1.165) is 37.1 Å². The second-order valence-corrected chi connectivity index (χ2v) is 9.50. The Morgan fingerprint density at radius 3 is 2.17 bits per heavy atom. The van der Waals surface area contributed by atoms with Crippen LogP contribution in [-0.2, 0) is 16.7 Å². The molecule has 2 aliphatic heterocycles. The molecule has 6 heteroatoms. The van der Waals surface area contributed by atoms with Crippen molar-refractivity contribution in [2.75, 3.05) is 26.7 Å². The lowest BCUT2D eigenvalue weighted by molar-refractivity contribution is 0.0526. The molecule has 1 unspecified atom stereocenters. The summed E-state index contributed by atoms with van der Waals surface area (Å²) in [6.07, 6.45) is 3.68. The largest absolute Gasteiger partial charge is 0.465 e. The van der Waals surface area contributed by atoms with Crippen LogP contribution in [-0.4, -0.2) is 60.8 Å². The molecule has 1 saturated heterocycles. The highest BCUT2D eigenvalue weighted by molar-refractivity contribution is 5.94. The van der Waals surface area contributed by atoms with Gasteiger partial charge in [-0.1, -0.05) is 60.7 Å². The number of hydrogen-bond acceptors (Lipinski definition) is 5. The zero-order chi connectivity index (χ0) is 25.0. The molecule has 1 atom stereocenters. The third kappa shape index (κ3) is 4.69. The molecule has 0 bridgehead atoms. The molecule has 3 aromatic rings. The summed E-state index contributed by atoms with van der Waals surface area (Å²) in [6.45, 7) is 2.88. The summed E-state index contributed by atoms with van der Waals surface area (Å²) in [5.41, 5.74) is 3.49. The standard InChI is InChI=1S/C30H31N3O3/c1-36-28(35)25-14-12-23(13-15-25)22-33-21-18-31-29(33)30(26-10-6-3-7-11-26)16-19-32(20-17-30)27(34)24-8-4-2-5-9-24/h2-15,18,29H,16-17,19-22H2,1H3. The van der Waals surface area contributed by atoms with Crippen LogP contribution < -0.4 is 0 Å². The van der Waals surface area contributed by atoms with Gasteiger partial charge in [-0.05, 0) is 48.2 Å². The zero-order valence-corrected chi connectivity index (χ0v) is 20.5. The summed E-state index contributed by atoms with van der Waals surface area (Å²) in [5, 5.41) is 0. The lowest BCUT2D eigenvalue weighted by Crippen LogP contribution is -2.54. The monoisotopic (exact) mass is 481 g/mol. The minimum absolute atomic E-state index is 0.0193. The molecule has 0 aromatic heterocycles. The third-order valence-corrected chi connectivity index (χ3v) is 7.48. The van der Waals surface area contributed by atoms with Crippen LogP contribution in [0, 0.1) is 0 Å². The number of rotatable bonds is 6. The zero-order valence-electron chi connectivity index (χ0n) is 20.5. The maximum Gasteiger partial charge on any atom is 0.337 e. The van der Waals surface area contributed by atoms with Crippen LogP contribution in [0.2, 0.25) is 0 Å². The van der Waals surface area contributed by atoms with Crippen molar-refractivity contribution in [3.8, 4) is 0 Å². The summed E-state index contributed by atoms with van der Waals surface area (Å²) in [7, 11) is 1.39. The fourth-order valence-electron chi connectivity index (χ4n) is 5.53.